The minimum absolute atomic E-state index is 0.0386. The van der Waals surface area contributed by atoms with Gasteiger partial charge in [0.05, 0.1) is 11.1 Å². The van der Waals surface area contributed by atoms with Crippen molar-refractivity contribution in [1.82, 2.24) is 14.8 Å². The average Bonchev–Trinajstić information content (AvgIpc) is 2.93. The molecule has 0 radical (unpaired) electrons. The highest BCUT2D eigenvalue weighted by Crippen LogP contribution is 2.34. The number of alkyl halides is 3. The van der Waals surface area contributed by atoms with Crippen LogP contribution in [0.15, 0.2) is 60.9 Å². The molecule has 8 nitrogen and oxygen atoms in total. The summed E-state index contributed by atoms with van der Waals surface area (Å²) in [5, 5.41) is 11.6. The molecule has 1 saturated heterocycles. The van der Waals surface area contributed by atoms with Crippen molar-refractivity contribution in [2.75, 3.05) is 44.6 Å². The number of aromatic nitrogens is 1. The first-order valence-corrected chi connectivity index (χ1v) is 12.5. The molecule has 39 heavy (non-hydrogen) atoms. The molecular weight excluding hydrogens is 513 g/mol. The lowest BCUT2D eigenvalue weighted by Gasteiger charge is -2.34. The van der Waals surface area contributed by atoms with E-state index in [1.165, 1.54) is 30.6 Å². The third kappa shape index (κ3) is 7.55. The fourth-order valence-corrected chi connectivity index (χ4v) is 4.36. The first-order valence-electron chi connectivity index (χ1n) is 12.5. The molecular formula is C28H29F3N4O4. The Morgan fingerprint density at radius 2 is 1.67 bits per heavy atom. The average molecular weight is 543 g/mol. The summed E-state index contributed by atoms with van der Waals surface area (Å²) >= 11 is 0. The van der Waals surface area contributed by atoms with Crippen molar-refractivity contribution in [3.8, 4) is 16.9 Å². The van der Waals surface area contributed by atoms with Gasteiger partial charge in [0.25, 0.3) is 5.91 Å². The van der Waals surface area contributed by atoms with Crippen LogP contribution in [0.5, 0.6) is 5.75 Å². The quantitative estimate of drug-likeness (QED) is 0.408. The lowest BCUT2D eigenvalue weighted by atomic mass is 10.0. The molecule has 0 bridgehead atoms. The lowest BCUT2D eigenvalue weighted by molar-refractivity contribution is -0.138. The number of likely N-dealkylation sites (N-methyl/N-ethyl adjacent to an activating group) is 1. The normalized spacial score (nSPS) is 14.7. The van der Waals surface area contributed by atoms with Gasteiger partial charge in [0.15, 0.2) is 6.61 Å². The number of pyridine rings is 1. The Bertz CT molecular complexity index is 1310. The van der Waals surface area contributed by atoms with Gasteiger partial charge in [-0.2, -0.15) is 13.2 Å². The number of anilines is 1. The molecule has 1 aliphatic heterocycles. The second-order valence-electron chi connectivity index (χ2n) is 9.21. The van der Waals surface area contributed by atoms with E-state index in [0.29, 0.717) is 30.0 Å². The summed E-state index contributed by atoms with van der Waals surface area (Å²) in [6.45, 7) is 5.83. The minimum atomic E-state index is -4.56. The van der Waals surface area contributed by atoms with Gasteiger partial charge in [-0.25, -0.2) is 4.79 Å². The van der Waals surface area contributed by atoms with Crippen molar-refractivity contribution in [2.45, 2.75) is 19.6 Å². The Kier molecular flexibility index (Phi) is 8.82. The minimum Gasteiger partial charge on any atom is -0.484 e. The van der Waals surface area contributed by atoms with Crippen molar-refractivity contribution in [3.63, 3.8) is 0 Å². The predicted molar refractivity (Wildman–Crippen MR) is 140 cm³/mol. The monoisotopic (exact) mass is 542 g/mol. The molecule has 1 aliphatic rings. The summed E-state index contributed by atoms with van der Waals surface area (Å²) in [5.74, 6) is -1.32. The fraction of sp³-hybridized carbons (Fsp3) is 0.321. The molecule has 0 saturated carbocycles. The van der Waals surface area contributed by atoms with E-state index < -0.39 is 30.2 Å². The second kappa shape index (κ2) is 12.3. The van der Waals surface area contributed by atoms with Gasteiger partial charge in [0.1, 0.15) is 5.75 Å². The maximum absolute atomic E-state index is 13.8. The molecule has 3 aromatic rings. The molecule has 0 atom stereocenters. The number of carboxylic acid groups (broad SMARTS) is 1. The third-order valence-corrected chi connectivity index (χ3v) is 6.55. The van der Waals surface area contributed by atoms with Crippen LogP contribution < -0.4 is 10.1 Å². The zero-order valence-electron chi connectivity index (χ0n) is 21.4. The van der Waals surface area contributed by atoms with Crippen LogP contribution in [0, 0.1) is 0 Å². The largest absolute Gasteiger partial charge is 0.484 e. The molecule has 0 spiro atoms. The molecule has 1 aromatic heterocycles. The summed E-state index contributed by atoms with van der Waals surface area (Å²) in [7, 11) is 0. The number of hydrogen-bond acceptors (Lipinski definition) is 6. The van der Waals surface area contributed by atoms with E-state index in [9.17, 15) is 22.8 Å². The number of nitrogens with one attached hydrogen (secondary N) is 1. The van der Waals surface area contributed by atoms with E-state index in [4.69, 9.17) is 9.84 Å². The van der Waals surface area contributed by atoms with E-state index in [-0.39, 0.29) is 23.4 Å². The smallest absolute Gasteiger partial charge is 0.416 e. The molecule has 2 N–H and O–H groups in total. The van der Waals surface area contributed by atoms with E-state index in [1.54, 1.807) is 24.3 Å². The third-order valence-electron chi connectivity index (χ3n) is 6.55. The van der Waals surface area contributed by atoms with Gasteiger partial charge in [0.2, 0.25) is 0 Å². The topological polar surface area (TPSA) is 95.0 Å². The molecule has 206 valence electrons. The number of aromatic carboxylic acids is 1. The predicted octanol–water partition coefficient (Wildman–Crippen LogP) is 4.62. The Hall–Kier alpha value is -3.96. The Balaban J connectivity index is 1.35. The number of ether oxygens (including phenoxy) is 1. The number of hydrogen-bond donors (Lipinski definition) is 2. The summed E-state index contributed by atoms with van der Waals surface area (Å²) in [4.78, 5) is 31.7. The van der Waals surface area contributed by atoms with Gasteiger partial charge >= 0.3 is 12.1 Å². The number of amides is 1. The molecule has 2 aromatic carbocycles. The standard InChI is InChI=1S/C28H29F3N4O4/c1-2-34-9-11-35(12-10-34)17-20-3-6-23(14-25(20)28(29,30)31)33-26(36)18-39-24-7-4-19(5-8-24)21-13-22(27(37)38)16-32-15-21/h3-8,13-16H,2,9-12,17-18H2,1H3,(H,33,36)(H,37,38). The van der Waals surface area contributed by atoms with E-state index in [1.807, 2.05) is 4.90 Å². The Morgan fingerprint density at radius 3 is 2.31 bits per heavy atom. The molecule has 11 heteroatoms. The second-order valence-corrected chi connectivity index (χ2v) is 9.21. The number of piperazine rings is 1. The first-order chi connectivity index (χ1) is 18.6. The van der Waals surface area contributed by atoms with E-state index in [0.717, 1.165) is 25.7 Å². The van der Waals surface area contributed by atoms with Crippen LogP contribution >= 0.6 is 0 Å². The molecule has 4 rings (SSSR count). The van der Waals surface area contributed by atoms with Crippen molar-refractivity contribution in [2.24, 2.45) is 0 Å². The van der Waals surface area contributed by atoms with Crippen LogP contribution in [0.3, 0.4) is 0 Å². The fourth-order valence-electron chi connectivity index (χ4n) is 4.36. The Morgan fingerprint density at radius 1 is 0.974 bits per heavy atom. The van der Waals surface area contributed by atoms with Crippen LogP contribution in [-0.2, 0) is 17.5 Å². The first kappa shape index (κ1) is 28.1. The highest BCUT2D eigenvalue weighted by molar-refractivity contribution is 5.92. The summed E-state index contributed by atoms with van der Waals surface area (Å²) in [6, 6.07) is 11.9. The molecule has 1 fully saturated rings. The Labute approximate surface area is 224 Å². The van der Waals surface area contributed by atoms with Crippen molar-refractivity contribution in [3.05, 3.63) is 77.6 Å². The van der Waals surface area contributed by atoms with Gasteiger partial charge in [-0.05, 0) is 48.0 Å². The van der Waals surface area contributed by atoms with Gasteiger partial charge in [-0.15, -0.1) is 0 Å². The van der Waals surface area contributed by atoms with Gasteiger partial charge in [-0.1, -0.05) is 25.1 Å². The number of halogens is 3. The zero-order valence-corrected chi connectivity index (χ0v) is 21.4. The maximum atomic E-state index is 13.8. The number of carboxylic acids is 1. The van der Waals surface area contributed by atoms with Crippen molar-refractivity contribution < 1.29 is 32.6 Å². The van der Waals surface area contributed by atoms with Crippen molar-refractivity contribution in [1.29, 1.82) is 0 Å². The summed E-state index contributed by atoms with van der Waals surface area (Å²) in [6.07, 6.45) is -1.77. The summed E-state index contributed by atoms with van der Waals surface area (Å²) in [5.41, 5.74) is 0.806. The molecule has 2 heterocycles. The highest BCUT2D eigenvalue weighted by atomic mass is 19.4. The van der Waals surface area contributed by atoms with Crippen LogP contribution in [-0.4, -0.2) is 71.1 Å². The molecule has 0 aliphatic carbocycles. The van der Waals surface area contributed by atoms with Gasteiger partial charge in [-0.3, -0.25) is 14.7 Å². The number of carbonyl (C=O) groups excluding carboxylic acids is 1. The zero-order chi connectivity index (χ0) is 28.0. The van der Waals surface area contributed by atoms with Crippen molar-refractivity contribution >= 4 is 17.6 Å². The maximum Gasteiger partial charge on any atom is 0.416 e. The van der Waals surface area contributed by atoms with Crippen LogP contribution in [0.1, 0.15) is 28.4 Å². The SMILES string of the molecule is CCN1CCN(Cc2ccc(NC(=O)COc3ccc(-c4cncc(C(=O)O)c4)cc3)cc2C(F)(F)F)CC1. The van der Waals surface area contributed by atoms with Gasteiger partial charge < -0.3 is 20.1 Å². The van der Waals surface area contributed by atoms with Crippen LogP contribution in [0.4, 0.5) is 18.9 Å². The van der Waals surface area contributed by atoms with Crippen LogP contribution in [0.25, 0.3) is 11.1 Å². The number of benzene rings is 2. The van der Waals surface area contributed by atoms with E-state index in [2.05, 4.69) is 22.1 Å². The van der Waals surface area contributed by atoms with E-state index >= 15 is 0 Å². The lowest BCUT2D eigenvalue weighted by Crippen LogP contribution is -2.45. The molecule has 1 amide bonds. The number of carbonyl (C=O) groups is 2. The van der Waals surface area contributed by atoms with Gasteiger partial charge in [0, 0.05) is 56.4 Å². The molecule has 0 unspecified atom stereocenters. The number of rotatable bonds is 9. The van der Waals surface area contributed by atoms with Crippen LogP contribution in [0.2, 0.25) is 0 Å². The highest BCUT2D eigenvalue weighted by Gasteiger charge is 2.34. The summed E-state index contributed by atoms with van der Waals surface area (Å²) < 4.78 is 47.0. The number of nitrogens with zero attached hydrogens (tertiary/aromatic N) is 3.